The normalized spacial score (nSPS) is 16.8. The molecule has 182 valence electrons. The lowest BCUT2D eigenvalue weighted by Crippen LogP contribution is -2.50. The Morgan fingerprint density at radius 2 is 1.89 bits per heavy atom. The number of halogens is 1. The Balaban J connectivity index is 1.38. The molecule has 0 radical (unpaired) electrons. The molecule has 2 amide bonds. The van der Waals surface area contributed by atoms with E-state index in [1.165, 1.54) is 39.9 Å². The van der Waals surface area contributed by atoms with Gasteiger partial charge in [0.05, 0.1) is 11.4 Å². The predicted molar refractivity (Wildman–Crippen MR) is 131 cm³/mol. The summed E-state index contributed by atoms with van der Waals surface area (Å²) >= 11 is 0. The SMILES string of the molecule is Cc1cc(=O)c(C(=O)N[C@H]2COc3ccc(C#CC4CC4)cc3N(C)C2=O)nn1-c1ccc(F)cc1. The van der Waals surface area contributed by atoms with Crippen molar-refractivity contribution in [2.75, 3.05) is 18.6 Å². The Kier molecular flexibility index (Phi) is 6.02. The molecule has 1 fully saturated rings. The fraction of sp³-hybridized carbons (Fsp3) is 0.259. The van der Waals surface area contributed by atoms with Crippen molar-refractivity contribution < 1.29 is 18.7 Å². The number of nitrogens with zero attached hydrogens (tertiary/aromatic N) is 3. The fourth-order valence-electron chi connectivity index (χ4n) is 3.87. The molecule has 0 saturated heterocycles. The first kappa shape index (κ1) is 23.3. The molecule has 2 aromatic carbocycles. The van der Waals surface area contributed by atoms with Crippen LogP contribution in [-0.4, -0.2) is 41.3 Å². The van der Waals surface area contributed by atoms with Gasteiger partial charge in [-0.15, -0.1) is 0 Å². The second-order valence-corrected chi connectivity index (χ2v) is 8.85. The van der Waals surface area contributed by atoms with Gasteiger partial charge < -0.3 is 15.0 Å². The maximum absolute atomic E-state index is 13.3. The Morgan fingerprint density at radius 3 is 2.61 bits per heavy atom. The second-order valence-electron chi connectivity index (χ2n) is 8.85. The molecule has 1 aromatic heterocycles. The first-order valence-corrected chi connectivity index (χ1v) is 11.5. The van der Waals surface area contributed by atoms with Crippen LogP contribution in [0.1, 0.15) is 34.6 Å². The minimum Gasteiger partial charge on any atom is -0.489 e. The van der Waals surface area contributed by atoms with Crippen molar-refractivity contribution in [2.24, 2.45) is 5.92 Å². The van der Waals surface area contributed by atoms with E-state index in [1.807, 2.05) is 6.07 Å². The second kappa shape index (κ2) is 9.30. The molecule has 1 saturated carbocycles. The van der Waals surface area contributed by atoms with Crippen LogP contribution in [0, 0.1) is 30.5 Å². The van der Waals surface area contributed by atoms with E-state index in [-0.39, 0.29) is 12.3 Å². The summed E-state index contributed by atoms with van der Waals surface area (Å²) in [5.41, 5.74) is 1.28. The lowest BCUT2D eigenvalue weighted by molar-refractivity contribution is -0.120. The van der Waals surface area contributed by atoms with E-state index in [4.69, 9.17) is 4.74 Å². The average molecular weight is 487 g/mol. The highest BCUT2D eigenvalue weighted by molar-refractivity contribution is 6.02. The van der Waals surface area contributed by atoms with Crippen LogP contribution in [0.2, 0.25) is 0 Å². The smallest absolute Gasteiger partial charge is 0.276 e. The van der Waals surface area contributed by atoms with Gasteiger partial charge in [-0.3, -0.25) is 14.4 Å². The van der Waals surface area contributed by atoms with E-state index in [9.17, 15) is 18.8 Å². The molecule has 5 rings (SSSR count). The predicted octanol–water partition coefficient (Wildman–Crippen LogP) is 2.60. The fourth-order valence-corrected chi connectivity index (χ4v) is 3.87. The van der Waals surface area contributed by atoms with Gasteiger partial charge in [-0.2, -0.15) is 5.10 Å². The van der Waals surface area contributed by atoms with Crippen LogP contribution in [0.3, 0.4) is 0 Å². The number of rotatable bonds is 3. The molecular weight excluding hydrogens is 463 g/mol. The number of fused-ring (bicyclic) bond motifs is 1. The number of hydrogen-bond acceptors (Lipinski definition) is 5. The van der Waals surface area contributed by atoms with Crippen molar-refractivity contribution in [1.29, 1.82) is 0 Å². The maximum atomic E-state index is 13.3. The number of carbonyl (C=O) groups is 2. The molecule has 1 N–H and O–H groups in total. The molecule has 1 aliphatic carbocycles. The number of amides is 2. The van der Waals surface area contributed by atoms with Crippen LogP contribution in [0.15, 0.2) is 53.3 Å². The molecule has 3 aromatic rings. The summed E-state index contributed by atoms with van der Waals surface area (Å²) in [6.07, 6.45) is 2.23. The van der Waals surface area contributed by atoms with Crippen molar-refractivity contribution in [3.05, 3.63) is 81.5 Å². The van der Waals surface area contributed by atoms with Gasteiger partial charge in [-0.1, -0.05) is 11.8 Å². The van der Waals surface area contributed by atoms with Crippen molar-refractivity contribution >= 4 is 17.5 Å². The molecule has 0 spiro atoms. The summed E-state index contributed by atoms with van der Waals surface area (Å²) in [6.45, 7) is 1.53. The van der Waals surface area contributed by atoms with E-state index in [2.05, 4.69) is 22.3 Å². The molecule has 0 unspecified atom stereocenters. The zero-order valence-electron chi connectivity index (χ0n) is 19.7. The highest BCUT2D eigenvalue weighted by Gasteiger charge is 2.32. The number of aromatic nitrogens is 2. The van der Waals surface area contributed by atoms with Crippen LogP contribution < -0.4 is 20.4 Å². The number of aryl methyl sites for hydroxylation is 1. The quantitative estimate of drug-likeness (QED) is 0.575. The van der Waals surface area contributed by atoms with Crippen LogP contribution in [0.25, 0.3) is 5.69 Å². The highest BCUT2D eigenvalue weighted by Crippen LogP contribution is 2.32. The number of ether oxygens (including phenoxy) is 1. The zero-order chi connectivity index (χ0) is 25.4. The van der Waals surface area contributed by atoms with Gasteiger partial charge in [-0.25, -0.2) is 9.07 Å². The number of anilines is 1. The topological polar surface area (TPSA) is 93.5 Å². The summed E-state index contributed by atoms with van der Waals surface area (Å²) in [5.74, 6) is 5.63. The van der Waals surface area contributed by atoms with Crippen LogP contribution in [0.4, 0.5) is 10.1 Å². The van der Waals surface area contributed by atoms with Gasteiger partial charge in [0.25, 0.3) is 11.8 Å². The summed E-state index contributed by atoms with van der Waals surface area (Å²) < 4.78 is 20.5. The van der Waals surface area contributed by atoms with Gasteiger partial charge in [0.1, 0.15) is 24.2 Å². The minimum absolute atomic E-state index is 0.118. The third-order valence-electron chi connectivity index (χ3n) is 6.05. The van der Waals surface area contributed by atoms with Crippen molar-refractivity contribution in [2.45, 2.75) is 25.8 Å². The molecular formula is C27H23FN4O4. The first-order chi connectivity index (χ1) is 17.3. The largest absolute Gasteiger partial charge is 0.489 e. The molecule has 36 heavy (non-hydrogen) atoms. The first-order valence-electron chi connectivity index (χ1n) is 11.5. The number of nitrogens with one attached hydrogen (secondary N) is 1. The molecule has 8 nitrogen and oxygen atoms in total. The van der Waals surface area contributed by atoms with E-state index in [0.717, 1.165) is 18.4 Å². The van der Waals surface area contributed by atoms with Gasteiger partial charge >= 0.3 is 0 Å². The van der Waals surface area contributed by atoms with Crippen molar-refractivity contribution in [3.8, 4) is 23.3 Å². The van der Waals surface area contributed by atoms with Crippen LogP contribution in [0.5, 0.6) is 5.75 Å². The van der Waals surface area contributed by atoms with Crippen molar-refractivity contribution in [3.63, 3.8) is 0 Å². The summed E-state index contributed by atoms with van der Waals surface area (Å²) in [4.78, 5) is 40.2. The lowest BCUT2D eigenvalue weighted by Gasteiger charge is -2.20. The monoisotopic (exact) mass is 486 g/mol. The third kappa shape index (κ3) is 4.70. The maximum Gasteiger partial charge on any atom is 0.276 e. The minimum atomic E-state index is -1.04. The van der Waals surface area contributed by atoms with Crippen LogP contribution in [-0.2, 0) is 4.79 Å². The van der Waals surface area contributed by atoms with E-state index < -0.39 is 29.1 Å². The lowest BCUT2D eigenvalue weighted by atomic mass is 10.1. The summed E-state index contributed by atoms with van der Waals surface area (Å²) in [7, 11) is 1.60. The van der Waals surface area contributed by atoms with Gasteiger partial charge in [0.15, 0.2) is 5.69 Å². The van der Waals surface area contributed by atoms with Crippen molar-refractivity contribution in [1.82, 2.24) is 15.1 Å². The third-order valence-corrected chi connectivity index (χ3v) is 6.05. The number of likely N-dealkylation sites (N-methyl/N-ethyl adjacent to an activating group) is 1. The Labute approximate surface area is 206 Å². The van der Waals surface area contributed by atoms with E-state index in [1.54, 1.807) is 26.1 Å². The Hall–Kier alpha value is -4.45. The van der Waals surface area contributed by atoms with Crippen LogP contribution >= 0.6 is 0 Å². The van der Waals surface area contributed by atoms with E-state index >= 15 is 0 Å². The highest BCUT2D eigenvalue weighted by atomic mass is 19.1. The molecule has 0 bridgehead atoms. The number of carbonyl (C=O) groups excluding carboxylic acids is 2. The van der Waals surface area contributed by atoms with Gasteiger partial charge in [-0.05, 0) is 62.2 Å². The molecule has 2 heterocycles. The number of benzene rings is 2. The number of hydrogen-bond donors (Lipinski definition) is 1. The molecule has 1 aliphatic heterocycles. The molecule has 9 heteroatoms. The average Bonchev–Trinajstić information content (AvgIpc) is 3.70. The standard InChI is InChI=1S/C27H23FN4O4/c1-16-13-23(33)25(30-32(16)20-10-8-19(28)9-11-20)26(34)29-21-15-36-24-12-7-18(6-5-17-3-4-17)14-22(24)31(2)27(21)35/h7-14,17,21H,3-4,15H2,1-2H3,(H,29,34)/t21-/m0/s1. The van der Waals surface area contributed by atoms with E-state index in [0.29, 0.717) is 28.7 Å². The Bertz CT molecular complexity index is 1480. The summed E-state index contributed by atoms with van der Waals surface area (Å²) in [6, 6.07) is 11.1. The van der Waals surface area contributed by atoms with Gasteiger partial charge in [0, 0.05) is 30.3 Å². The molecule has 2 aliphatic rings. The Morgan fingerprint density at radius 1 is 1.14 bits per heavy atom. The zero-order valence-corrected chi connectivity index (χ0v) is 19.7. The van der Waals surface area contributed by atoms with Gasteiger partial charge in [0.2, 0.25) is 5.43 Å². The molecule has 1 atom stereocenters. The summed E-state index contributed by atoms with van der Waals surface area (Å²) in [5, 5.41) is 6.77.